The number of nitrogens with zero attached hydrogens (tertiary/aromatic N) is 4. The molecule has 1 fully saturated rings. The van der Waals surface area contributed by atoms with Crippen molar-refractivity contribution in [1.29, 1.82) is 0 Å². The Morgan fingerprint density at radius 2 is 1.61 bits per heavy atom. The minimum atomic E-state index is -3.37. The lowest BCUT2D eigenvalue weighted by atomic mass is 9.94. The van der Waals surface area contributed by atoms with E-state index < -0.39 is 9.84 Å². The molecule has 1 aliphatic rings. The highest BCUT2D eigenvalue weighted by Gasteiger charge is 2.18. The number of fused-ring (bicyclic) bond motifs is 1. The third-order valence-electron chi connectivity index (χ3n) is 7.06. The molecule has 0 saturated carbocycles. The van der Waals surface area contributed by atoms with Gasteiger partial charge in [0.15, 0.2) is 9.84 Å². The average molecular weight is 534 g/mol. The van der Waals surface area contributed by atoms with E-state index in [-0.39, 0.29) is 11.2 Å². The van der Waals surface area contributed by atoms with Crippen molar-refractivity contribution in [2.75, 3.05) is 30.7 Å². The van der Waals surface area contributed by atoms with Gasteiger partial charge in [0.2, 0.25) is 5.95 Å². The van der Waals surface area contributed by atoms with Crippen molar-refractivity contribution in [2.24, 2.45) is 0 Å². The van der Waals surface area contributed by atoms with E-state index in [4.69, 9.17) is 4.98 Å². The van der Waals surface area contributed by atoms with Crippen LogP contribution < -0.4 is 5.32 Å². The smallest absolute Gasteiger partial charge is 0.247 e. The maximum atomic E-state index is 12.9. The SMILES string of the molecule is Cc1cccc(C)c1-c1cc(C)c2nc(Nc3cccc(S(=O)(=O)CCCN4CCCC4)c3)nnc2c1.O. The molecule has 1 aromatic heterocycles. The van der Waals surface area contributed by atoms with Gasteiger partial charge in [-0.15, -0.1) is 10.2 Å². The number of aryl methyl sites for hydroxylation is 3. The fraction of sp³-hybridized carbons (Fsp3) is 0.345. The lowest BCUT2D eigenvalue weighted by Gasteiger charge is -2.14. The van der Waals surface area contributed by atoms with Gasteiger partial charge in [-0.3, -0.25) is 0 Å². The van der Waals surface area contributed by atoms with Crippen LogP contribution in [0.3, 0.4) is 0 Å². The number of hydrogen-bond donors (Lipinski definition) is 1. The maximum Gasteiger partial charge on any atom is 0.247 e. The van der Waals surface area contributed by atoms with Crippen molar-refractivity contribution in [3.8, 4) is 11.1 Å². The molecular formula is C29H35N5O3S. The standard InChI is InChI=1S/C29H33N5O2S.H2O/c1-20-9-6-10-21(2)27(20)23-17-22(3)28-26(18-23)32-33-29(31-28)30-24-11-7-12-25(19-24)37(35,36)16-8-15-34-13-4-5-14-34;/h6-7,9-12,17-19H,4-5,8,13-16H2,1-3H3,(H,30,31,33);1H2. The molecule has 9 heteroatoms. The number of aromatic nitrogens is 3. The zero-order chi connectivity index (χ0) is 26.0. The summed E-state index contributed by atoms with van der Waals surface area (Å²) in [6, 6.07) is 17.3. The molecular weight excluding hydrogens is 498 g/mol. The highest BCUT2D eigenvalue weighted by molar-refractivity contribution is 7.91. The molecule has 0 bridgehead atoms. The summed E-state index contributed by atoms with van der Waals surface area (Å²) in [4.78, 5) is 7.34. The summed E-state index contributed by atoms with van der Waals surface area (Å²) >= 11 is 0. The molecule has 2 heterocycles. The van der Waals surface area contributed by atoms with Crippen molar-refractivity contribution < 1.29 is 13.9 Å². The molecule has 0 atom stereocenters. The van der Waals surface area contributed by atoms with Gasteiger partial charge >= 0.3 is 0 Å². The highest BCUT2D eigenvalue weighted by Crippen LogP contribution is 2.31. The molecule has 200 valence electrons. The molecule has 3 aromatic carbocycles. The molecule has 0 unspecified atom stereocenters. The van der Waals surface area contributed by atoms with E-state index in [9.17, 15) is 8.42 Å². The Kier molecular flexibility index (Phi) is 8.40. The summed E-state index contributed by atoms with van der Waals surface area (Å²) in [5, 5.41) is 11.9. The van der Waals surface area contributed by atoms with E-state index in [0.717, 1.165) is 41.8 Å². The van der Waals surface area contributed by atoms with Crippen LogP contribution >= 0.6 is 0 Å². The van der Waals surface area contributed by atoms with Gasteiger partial charge in [-0.25, -0.2) is 13.4 Å². The van der Waals surface area contributed by atoms with Crippen LogP contribution in [0.5, 0.6) is 0 Å². The number of anilines is 2. The Balaban J connectivity index is 0.00000336. The third-order valence-corrected chi connectivity index (χ3v) is 8.85. The first-order valence-electron chi connectivity index (χ1n) is 12.8. The Bertz CT molecular complexity index is 1530. The lowest BCUT2D eigenvalue weighted by molar-refractivity contribution is 0.340. The van der Waals surface area contributed by atoms with Gasteiger partial charge in [0.25, 0.3) is 0 Å². The molecule has 0 amide bonds. The zero-order valence-electron chi connectivity index (χ0n) is 22.2. The van der Waals surface area contributed by atoms with Gasteiger partial charge in [0.1, 0.15) is 5.52 Å². The Morgan fingerprint density at radius 1 is 0.895 bits per heavy atom. The Hall–Kier alpha value is -3.40. The summed E-state index contributed by atoms with van der Waals surface area (Å²) in [6.07, 6.45) is 3.05. The van der Waals surface area contributed by atoms with Gasteiger partial charge < -0.3 is 15.7 Å². The molecule has 38 heavy (non-hydrogen) atoms. The molecule has 0 spiro atoms. The normalized spacial score (nSPS) is 14.0. The van der Waals surface area contributed by atoms with E-state index in [1.54, 1.807) is 18.2 Å². The summed E-state index contributed by atoms with van der Waals surface area (Å²) in [6.45, 7) is 9.23. The second-order valence-electron chi connectivity index (χ2n) is 9.94. The van der Waals surface area contributed by atoms with Gasteiger partial charge in [-0.1, -0.05) is 24.3 Å². The van der Waals surface area contributed by atoms with Gasteiger partial charge in [-0.2, -0.15) is 0 Å². The third kappa shape index (κ3) is 6.01. The topological polar surface area (TPSA) is 120 Å². The predicted octanol–water partition coefficient (Wildman–Crippen LogP) is 4.80. The first-order chi connectivity index (χ1) is 17.8. The number of nitrogens with one attached hydrogen (secondary N) is 1. The van der Waals surface area contributed by atoms with Crippen LogP contribution in [0.25, 0.3) is 22.2 Å². The van der Waals surface area contributed by atoms with E-state index in [1.807, 2.05) is 19.1 Å². The van der Waals surface area contributed by atoms with Crippen LogP contribution in [0, 0.1) is 20.8 Å². The quantitative estimate of drug-likeness (QED) is 0.346. The van der Waals surface area contributed by atoms with E-state index >= 15 is 0 Å². The second kappa shape index (κ2) is 11.6. The molecule has 4 aromatic rings. The Labute approximate surface area is 224 Å². The van der Waals surface area contributed by atoms with Crippen molar-refractivity contribution >= 4 is 32.5 Å². The number of benzene rings is 3. The molecule has 3 N–H and O–H groups in total. The van der Waals surface area contributed by atoms with E-state index in [0.29, 0.717) is 23.0 Å². The molecule has 0 radical (unpaired) electrons. The fourth-order valence-corrected chi connectivity index (χ4v) is 6.52. The molecule has 5 rings (SSSR count). The first kappa shape index (κ1) is 27.6. The highest BCUT2D eigenvalue weighted by atomic mass is 32.2. The average Bonchev–Trinajstić information content (AvgIpc) is 3.38. The predicted molar refractivity (Wildman–Crippen MR) is 153 cm³/mol. The summed E-state index contributed by atoms with van der Waals surface area (Å²) in [5.74, 6) is 0.474. The van der Waals surface area contributed by atoms with Crippen LogP contribution in [0.15, 0.2) is 59.5 Å². The van der Waals surface area contributed by atoms with E-state index in [1.165, 1.54) is 29.5 Å². The van der Waals surface area contributed by atoms with Crippen LogP contribution in [0.1, 0.15) is 36.0 Å². The summed E-state index contributed by atoms with van der Waals surface area (Å²) in [7, 11) is -3.37. The summed E-state index contributed by atoms with van der Waals surface area (Å²) < 4.78 is 25.9. The summed E-state index contributed by atoms with van der Waals surface area (Å²) in [5.41, 5.74) is 7.83. The van der Waals surface area contributed by atoms with Crippen molar-refractivity contribution in [2.45, 2.75) is 44.9 Å². The minimum absolute atomic E-state index is 0. The molecule has 0 aliphatic carbocycles. The zero-order valence-corrected chi connectivity index (χ0v) is 23.0. The largest absolute Gasteiger partial charge is 0.412 e. The maximum absolute atomic E-state index is 12.9. The second-order valence-corrected chi connectivity index (χ2v) is 12.0. The van der Waals surface area contributed by atoms with Crippen LogP contribution in [0.2, 0.25) is 0 Å². The van der Waals surface area contributed by atoms with Gasteiger partial charge in [0, 0.05) is 5.69 Å². The molecule has 8 nitrogen and oxygen atoms in total. The number of hydrogen-bond acceptors (Lipinski definition) is 7. The van der Waals surface area contributed by atoms with Crippen molar-refractivity contribution in [3.63, 3.8) is 0 Å². The van der Waals surface area contributed by atoms with Crippen molar-refractivity contribution in [1.82, 2.24) is 20.1 Å². The van der Waals surface area contributed by atoms with Crippen LogP contribution in [0.4, 0.5) is 11.6 Å². The number of rotatable bonds is 8. The van der Waals surface area contributed by atoms with Gasteiger partial charge in [0.05, 0.1) is 16.2 Å². The number of likely N-dealkylation sites (tertiary alicyclic amines) is 1. The molecule has 1 saturated heterocycles. The number of sulfone groups is 1. The van der Waals surface area contributed by atoms with Crippen LogP contribution in [-0.4, -0.2) is 59.4 Å². The fourth-order valence-electron chi connectivity index (χ4n) is 5.18. The van der Waals surface area contributed by atoms with Crippen molar-refractivity contribution in [3.05, 3.63) is 71.3 Å². The minimum Gasteiger partial charge on any atom is -0.412 e. The van der Waals surface area contributed by atoms with E-state index in [2.05, 4.69) is 58.5 Å². The monoisotopic (exact) mass is 533 g/mol. The van der Waals surface area contributed by atoms with Crippen LogP contribution in [-0.2, 0) is 9.84 Å². The Morgan fingerprint density at radius 3 is 2.34 bits per heavy atom. The first-order valence-corrected chi connectivity index (χ1v) is 14.5. The van der Waals surface area contributed by atoms with Gasteiger partial charge in [-0.05, 0) is 118 Å². The molecule has 1 aliphatic heterocycles. The lowest BCUT2D eigenvalue weighted by Crippen LogP contribution is -2.22.